The third-order valence-electron chi connectivity index (χ3n) is 6.26. The van der Waals surface area contributed by atoms with Crippen molar-refractivity contribution in [3.8, 4) is 5.75 Å². The summed E-state index contributed by atoms with van der Waals surface area (Å²) in [5, 5.41) is 10.5. The summed E-state index contributed by atoms with van der Waals surface area (Å²) in [5.74, 6) is -0.280. The van der Waals surface area contributed by atoms with Crippen LogP contribution in [0.25, 0.3) is 10.9 Å². The van der Waals surface area contributed by atoms with Gasteiger partial charge in [0.05, 0.1) is 24.6 Å². The van der Waals surface area contributed by atoms with Crippen LogP contribution < -0.4 is 9.46 Å². The largest absolute Gasteiger partial charge is 0.496 e. The number of carboxylic acids is 1. The zero-order chi connectivity index (χ0) is 23.8. The van der Waals surface area contributed by atoms with E-state index in [-0.39, 0.29) is 11.6 Å². The molecular formula is C24H29N3O5S. The van der Waals surface area contributed by atoms with E-state index in [1.165, 1.54) is 12.1 Å². The summed E-state index contributed by atoms with van der Waals surface area (Å²) < 4.78 is 32.3. The highest BCUT2D eigenvalue weighted by molar-refractivity contribution is 7.92. The Morgan fingerprint density at radius 1 is 1.27 bits per heavy atom. The fourth-order valence-electron chi connectivity index (χ4n) is 4.78. The first-order valence-electron chi connectivity index (χ1n) is 10.9. The van der Waals surface area contributed by atoms with Crippen molar-refractivity contribution < 1.29 is 23.1 Å². The molecule has 2 aromatic carbocycles. The Morgan fingerprint density at radius 2 is 2.06 bits per heavy atom. The number of aromatic amines is 1. The van der Waals surface area contributed by atoms with Gasteiger partial charge in [0.15, 0.2) is 0 Å². The van der Waals surface area contributed by atoms with Gasteiger partial charge in [-0.25, -0.2) is 13.2 Å². The van der Waals surface area contributed by atoms with Crippen molar-refractivity contribution in [1.82, 2.24) is 9.88 Å². The van der Waals surface area contributed by atoms with Crippen LogP contribution in [0.3, 0.4) is 0 Å². The quantitative estimate of drug-likeness (QED) is 0.474. The van der Waals surface area contributed by atoms with Crippen molar-refractivity contribution in [2.24, 2.45) is 0 Å². The minimum Gasteiger partial charge on any atom is -0.496 e. The van der Waals surface area contributed by atoms with E-state index in [0.717, 1.165) is 65.4 Å². The van der Waals surface area contributed by atoms with Gasteiger partial charge >= 0.3 is 5.97 Å². The van der Waals surface area contributed by atoms with E-state index in [2.05, 4.69) is 20.7 Å². The van der Waals surface area contributed by atoms with Crippen molar-refractivity contribution in [3.05, 3.63) is 58.8 Å². The van der Waals surface area contributed by atoms with Gasteiger partial charge in [0.1, 0.15) is 5.75 Å². The molecule has 0 aliphatic carbocycles. The maximum atomic E-state index is 12.0. The number of ether oxygens (including phenoxy) is 1. The number of piperidine rings is 1. The number of nitrogens with zero attached hydrogens (tertiary/aromatic N) is 1. The van der Waals surface area contributed by atoms with E-state index in [0.29, 0.717) is 12.2 Å². The predicted molar refractivity (Wildman–Crippen MR) is 128 cm³/mol. The number of hydrogen-bond donors (Lipinski definition) is 3. The Balaban J connectivity index is 1.77. The Morgan fingerprint density at radius 3 is 2.76 bits per heavy atom. The number of aromatic nitrogens is 1. The summed E-state index contributed by atoms with van der Waals surface area (Å²) in [6.45, 7) is 3.51. The Hall–Kier alpha value is -3.04. The molecule has 1 aliphatic rings. The summed E-state index contributed by atoms with van der Waals surface area (Å²) in [6, 6.07) is 8.70. The molecule has 4 rings (SSSR count). The highest BCUT2D eigenvalue weighted by Crippen LogP contribution is 2.39. The molecule has 0 saturated carbocycles. The Bertz CT molecular complexity index is 1300. The lowest BCUT2D eigenvalue weighted by Gasteiger charge is -2.37. The number of carboxylic acid groups (broad SMARTS) is 1. The van der Waals surface area contributed by atoms with Crippen LogP contribution in [-0.2, 0) is 16.6 Å². The molecule has 0 unspecified atom stereocenters. The van der Waals surface area contributed by atoms with Crippen LogP contribution in [0.2, 0.25) is 0 Å². The molecular weight excluding hydrogens is 442 g/mol. The summed E-state index contributed by atoms with van der Waals surface area (Å²) in [5.41, 5.74) is 4.39. The minimum absolute atomic E-state index is 0.0431. The number of methoxy groups -OCH3 is 1. The zero-order valence-electron chi connectivity index (χ0n) is 19.0. The van der Waals surface area contributed by atoms with Gasteiger partial charge in [-0.2, -0.15) is 0 Å². The molecule has 0 spiro atoms. The molecule has 1 atom stereocenters. The molecule has 2 heterocycles. The van der Waals surface area contributed by atoms with E-state index >= 15 is 0 Å². The topological polar surface area (TPSA) is 112 Å². The number of likely N-dealkylation sites (tertiary alicyclic amines) is 1. The van der Waals surface area contributed by atoms with E-state index in [4.69, 9.17) is 4.74 Å². The van der Waals surface area contributed by atoms with Gasteiger partial charge in [0.2, 0.25) is 10.0 Å². The summed E-state index contributed by atoms with van der Waals surface area (Å²) in [4.78, 5) is 17.1. The summed E-state index contributed by atoms with van der Waals surface area (Å²) in [6.07, 6.45) is 5.87. The lowest BCUT2D eigenvalue weighted by atomic mass is 9.92. The number of aromatic carboxylic acids is 1. The summed E-state index contributed by atoms with van der Waals surface area (Å²) >= 11 is 0. The predicted octanol–water partition coefficient (Wildman–Crippen LogP) is 4.28. The second-order valence-electron chi connectivity index (χ2n) is 8.60. The fraction of sp³-hybridized carbons (Fsp3) is 0.375. The number of H-pyrrole nitrogens is 1. The summed E-state index contributed by atoms with van der Waals surface area (Å²) in [7, 11) is -1.91. The van der Waals surface area contributed by atoms with E-state index in [1.54, 1.807) is 13.2 Å². The fourth-order valence-corrected chi connectivity index (χ4v) is 5.36. The van der Waals surface area contributed by atoms with Gasteiger partial charge in [-0.1, -0.05) is 12.5 Å². The molecule has 9 heteroatoms. The molecule has 1 fully saturated rings. The first kappa shape index (κ1) is 23.1. The molecule has 8 nitrogen and oxygen atoms in total. The third-order valence-corrected chi connectivity index (χ3v) is 6.85. The Labute approximate surface area is 193 Å². The number of fused-ring (bicyclic) bond motifs is 1. The van der Waals surface area contributed by atoms with E-state index in [9.17, 15) is 18.3 Å². The smallest absolute Gasteiger partial charge is 0.335 e. The van der Waals surface area contributed by atoms with Crippen LogP contribution in [0.15, 0.2) is 36.5 Å². The normalized spacial score (nSPS) is 17.2. The van der Waals surface area contributed by atoms with Crippen LogP contribution in [0.5, 0.6) is 5.75 Å². The molecule has 33 heavy (non-hydrogen) atoms. The first-order chi connectivity index (χ1) is 15.7. The third kappa shape index (κ3) is 4.84. The van der Waals surface area contributed by atoms with Gasteiger partial charge in [0.25, 0.3) is 0 Å². The lowest BCUT2D eigenvalue weighted by molar-refractivity contribution is 0.0696. The van der Waals surface area contributed by atoms with E-state index < -0.39 is 16.0 Å². The van der Waals surface area contributed by atoms with Gasteiger partial charge in [0, 0.05) is 35.2 Å². The Kier molecular flexibility index (Phi) is 6.36. The molecule has 0 radical (unpaired) electrons. The van der Waals surface area contributed by atoms with Crippen molar-refractivity contribution in [2.75, 3.05) is 24.6 Å². The number of benzene rings is 2. The molecule has 1 saturated heterocycles. The highest BCUT2D eigenvalue weighted by Gasteiger charge is 2.29. The minimum atomic E-state index is -3.58. The van der Waals surface area contributed by atoms with Crippen LogP contribution in [0.1, 0.15) is 52.4 Å². The second-order valence-corrected chi connectivity index (χ2v) is 10.4. The van der Waals surface area contributed by atoms with Gasteiger partial charge in [-0.05, 0) is 61.7 Å². The average molecular weight is 472 g/mol. The van der Waals surface area contributed by atoms with Crippen LogP contribution >= 0.6 is 0 Å². The van der Waals surface area contributed by atoms with E-state index in [1.807, 2.05) is 19.2 Å². The number of rotatable bonds is 7. The van der Waals surface area contributed by atoms with Gasteiger partial charge in [-0.3, -0.25) is 9.62 Å². The molecule has 3 N–H and O–H groups in total. The monoisotopic (exact) mass is 471 g/mol. The maximum absolute atomic E-state index is 12.0. The number of nitrogens with one attached hydrogen (secondary N) is 2. The van der Waals surface area contributed by atoms with Gasteiger partial charge in [-0.15, -0.1) is 0 Å². The number of hydrogen-bond acceptors (Lipinski definition) is 5. The van der Waals surface area contributed by atoms with Crippen LogP contribution in [-0.4, -0.2) is 49.3 Å². The average Bonchev–Trinajstić information content (AvgIpc) is 3.25. The first-order valence-corrected chi connectivity index (χ1v) is 12.8. The number of aryl methyl sites for hydroxylation is 1. The molecule has 0 bridgehead atoms. The van der Waals surface area contributed by atoms with Crippen molar-refractivity contribution in [1.29, 1.82) is 0 Å². The SMILES string of the molecule is COc1cc(C)c2[nH]ccc2c1CN1CCCC[C@H]1c1ccc(C(=O)O)cc1NS(C)(=O)=O. The van der Waals surface area contributed by atoms with Crippen molar-refractivity contribution in [3.63, 3.8) is 0 Å². The molecule has 1 aliphatic heterocycles. The van der Waals surface area contributed by atoms with Crippen molar-refractivity contribution >= 4 is 32.6 Å². The molecule has 1 aromatic heterocycles. The van der Waals surface area contributed by atoms with Gasteiger partial charge < -0.3 is 14.8 Å². The molecule has 0 amide bonds. The maximum Gasteiger partial charge on any atom is 0.335 e. The molecule has 176 valence electrons. The standard InChI is InChI=1S/C24H29N3O5S/c1-15-12-22(32-2)19(17-9-10-25-23(15)17)14-27-11-5-4-6-21(27)18-8-7-16(24(28)29)13-20(18)26-33(3,30)31/h7-10,12-13,21,25-26H,4-6,11,14H2,1-3H3,(H,28,29)/t21-/m0/s1. The lowest BCUT2D eigenvalue weighted by Crippen LogP contribution is -2.33. The number of sulfonamides is 1. The van der Waals surface area contributed by atoms with Crippen LogP contribution in [0.4, 0.5) is 5.69 Å². The van der Waals surface area contributed by atoms with Crippen LogP contribution in [0, 0.1) is 6.92 Å². The molecule has 3 aromatic rings. The number of carbonyl (C=O) groups is 1. The highest BCUT2D eigenvalue weighted by atomic mass is 32.2. The van der Waals surface area contributed by atoms with Crippen molar-refractivity contribution in [2.45, 2.75) is 38.8 Å². The second kappa shape index (κ2) is 9.07. The zero-order valence-corrected chi connectivity index (χ0v) is 19.8. The number of anilines is 1.